The van der Waals surface area contributed by atoms with Gasteiger partial charge in [-0.2, -0.15) is 0 Å². The van der Waals surface area contributed by atoms with Gasteiger partial charge in [-0.25, -0.2) is 4.79 Å². The van der Waals surface area contributed by atoms with Crippen LogP contribution < -0.4 is 16.0 Å². The third-order valence-corrected chi connectivity index (χ3v) is 8.34. The molecule has 0 aromatic heterocycles. The van der Waals surface area contributed by atoms with Crippen molar-refractivity contribution in [2.45, 2.75) is 157 Å². The molecule has 0 radical (unpaired) electrons. The van der Waals surface area contributed by atoms with Gasteiger partial charge in [-0.1, -0.05) is 66.5 Å². The highest BCUT2D eigenvalue weighted by Crippen LogP contribution is 2.36. The number of allylic oxidation sites excluding steroid dienone is 1. The first-order valence-corrected chi connectivity index (χ1v) is 18.3. The molecule has 1 heterocycles. The average molecular weight is 693 g/mol. The van der Waals surface area contributed by atoms with Gasteiger partial charge in [-0.3, -0.25) is 19.2 Å². The number of amides is 3. The Morgan fingerprint density at radius 2 is 1.51 bits per heavy atom. The van der Waals surface area contributed by atoms with Crippen molar-refractivity contribution in [1.82, 2.24) is 20.9 Å². The zero-order valence-electron chi connectivity index (χ0n) is 32.4. The molecule has 0 spiro atoms. The Kier molecular flexibility index (Phi) is 21.5. The summed E-state index contributed by atoms with van der Waals surface area (Å²) in [6, 6.07) is -2.07. The van der Waals surface area contributed by atoms with Crippen LogP contribution in [0.5, 0.6) is 0 Å². The monoisotopic (exact) mass is 693 g/mol. The minimum absolute atomic E-state index is 0.0543. The Morgan fingerprint density at radius 3 is 2.00 bits per heavy atom. The number of carbonyl (C=O) groups is 5. The van der Waals surface area contributed by atoms with E-state index in [-0.39, 0.29) is 42.9 Å². The molecule has 2 aliphatic rings. The van der Waals surface area contributed by atoms with Crippen LogP contribution in [0.15, 0.2) is 24.9 Å². The summed E-state index contributed by atoms with van der Waals surface area (Å²) in [5, 5.41) is 8.20. The fourth-order valence-electron chi connectivity index (χ4n) is 5.74. The molecule has 1 saturated heterocycles. The van der Waals surface area contributed by atoms with Crippen LogP contribution in [-0.2, 0) is 28.7 Å². The van der Waals surface area contributed by atoms with Crippen molar-refractivity contribution in [3.05, 3.63) is 24.9 Å². The summed E-state index contributed by atoms with van der Waals surface area (Å²) in [5.41, 5.74) is 0.0166. The summed E-state index contributed by atoms with van der Waals surface area (Å²) >= 11 is 0. The lowest BCUT2D eigenvalue weighted by atomic mass is 9.82. The number of carbonyl (C=O) groups excluding carboxylic acids is 5. The van der Waals surface area contributed by atoms with Crippen molar-refractivity contribution in [2.75, 3.05) is 13.1 Å². The van der Waals surface area contributed by atoms with E-state index in [1.807, 2.05) is 24.8 Å². The van der Waals surface area contributed by atoms with Gasteiger partial charge in [-0.05, 0) is 85.0 Å². The maximum Gasteiger partial charge on any atom is 0.407 e. The van der Waals surface area contributed by atoms with E-state index in [1.165, 1.54) is 6.92 Å². The third kappa shape index (κ3) is 17.2. The maximum atomic E-state index is 13.6. The van der Waals surface area contributed by atoms with Gasteiger partial charge < -0.3 is 30.3 Å². The normalized spacial score (nSPS) is 18.8. The lowest BCUT2D eigenvalue weighted by Crippen LogP contribution is -2.53. The largest absolute Gasteiger partial charge is 0.460 e. The van der Waals surface area contributed by atoms with Crippen molar-refractivity contribution >= 4 is 29.7 Å². The third-order valence-electron chi connectivity index (χ3n) is 8.34. The molecule has 2 rings (SSSR count). The van der Waals surface area contributed by atoms with E-state index in [2.05, 4.69) is 49.9 Å². The second-order valence-corrected chi connectivity index (χ2v) is 14.3. The van der Waals surface area contributed by atoms with E-state index in [1.54, 1.807) is 34.6 Å². The second kappa shape index (κ2) is 23.1. The first-order valence-electron chi connectivity index (χ1n) is 18.3. The predicted octanol–water partition coefficient (Wildman–Crippen LogP) is 6.46. The molecule has 49 heavy (non-hydrogen) atoms. The van der Waals surface area contributed by atoms with Crippen LogP contribution in [-0.4, -0.2) is 77.5 Å². The first-order chi connectivity index (χ1) is 22.9. The van der Waals surface area contributed by atoms with E-state index in [9.17, 15) is 24.0 Å². The van der Waals surface area contributed by atoms with Gasteiger partial charge in [-0.15, -0.1) is 6.58 Å². The average Bonchev–Trinajstić information content (AvgIpc) is 3.49. The van der Waals surface area contributed by atoms with Gasteiger partial charge in [0.25, 0.3) is 5.91 Å². The summed E-state index contributed by atoms with van der Waals surface area (Å²) in [7, 11) is 0. The Labute approximate surface area is 296 Å². The second-order valence-electron chi connectivity index (χ2n) is 14.3. The van der Waals surface area contributed by atoms with Crippen LogP contribution in [0, 0.1) is 17.8 Å². The molecule has 11 heteroatoms. The number of hydrogen-bond donors (Lipinski definition) is 3. The van der Waals surface area contributed by atoms with E-state index in [4.69, 9.17) is 9.47 Å². The Balaban J connectivity index is 0.00000356. The zero-order valence-corrected chi connectivity index (χ0v) is 32.4. The molecule has 4 atom stereocenters. The van der Waals surface area contributed by atoms with Crippen molar-refractivity contribution < 1.29 is 33.4 Å². The standard InChI is InChI=1S/C32H54N4O7.C4H8.C2H6/c1-19(2)24-17-25(29(39)34-21(5)28(38)30(40)33-16-15-26(37)43-32(7,8)9)36(18-24)22(6)27(23-13-11-10-12-14-23)35-31(41)42-20(3)4;1-3-4-2;1-2/h19-21,23-25,27H,6,10-18H2,1-5,7-9H3,(H,33,40)(H,34,39)(H,35,41);3H,1,4H2,2H3;1-2H3. The molecule has 1 saturated carbocycles. The molecule has 1 aliphatic carbocycles. The molecule has 0 bridgehead atoms. The highest BCUT2D eigenvalue weighted by molar-refractivity contribution is 6.38. The van der Waals surface area contributed by atoms with Crippen LogP contribution in [0.1, 0.15) is 128 Å². The van der Waals surface area contributed by atoms with E-state index in [0.717, 1.165) is 38.5 Å². The number of Topliss-reactive ketones (excluding diaryl/α,β-unsaturated/α-hetero) is 1. The molecule has 282 valence electrons. The first kappa shape index (κ1) is 45.6. The lowest BCUT2D eigenvalue weighted by Gasteiger charge is -2.38. The molecule has 3 amide bonds. The Morgan fingerprint density at radius 1 is 0.939 bits per heavy atom. The van der Waals surface area contributed by atoms with E-state index in [0.29, 0.717) is 24.6 Å². The van der Waals surface area contributed by atoms with Gasteiger partial charge in [0, 0.05) is 18.8 Å². The highest BCUT2D eigenvalue weighted by Gasteiger charge is 2.42. The van der Waals surface area contributed by atoms with Crippen LogP contribution in [0.4, 0.5) is 4.79 Å². The predicted molar refractivity (Wildman–Crippen MR) is 196 cm³/mol. The van der Waals surface area contributed by atoms with Crippen LogP contribution in [0.3, 0.4) is 0 Å². The SMILES string of the molecule is C=C(C(NC(=O)OC(C)C)C1CCCCC1)N1CC(C(C)C)CC1C(=O)NC(C)C(=O)C(=O)NCCC(=O)OC(C)(C)C.C=CCC.CC. The molecule has 3 N–H and O–H groups in total. The van der Waals surface area contributed by atoms with Crippen LogP contribution >= 0.6 is 0 Å². The number of nitrogens with zero attached hydrogens (tertiary/aromatic N) is 1. The number of likely N-dealkylation sites (tertiary alicyclic amines) is 1. The van der Waals surface area contributed by atoms with Gasteiger partial charge >= 0.3 is 12.1 Å². The molecule has 2 fully saturated rings. The molecule has 11 nitrogen and oxygen atoms in total. The molecule has 0 aromatic rings. The maximum absolute atomic E-state index is 13.6. The molecular weight excluding hydrogens is 624 g/mol. The molecule has 4 unspecified atom stereocenters. The van der Waals surface area contributed by atoms with Crippen molar-refractivity contribution in [3.63, 3.8) is 0 Å². The van der Waals surface area contributed by atoms with Gasteiger partial charge in [0.2, 0.25) is 11.7 Å². The number of ketones is 1. The summed E-state index contributed by atoms with van der Waals surface area (Å²) in [4.78, 5) is 65.4. The Hall–Kier alpha value is -3.37. The smallest absolute Gasteiger partial charge is 0.407 e. The van der Waals surface area contributed by atoms with Gasteiger partial charge in [0.05, 0.1) is 24.6 Å². The van der Waals surface area contributed by atoms with Crippen molar-refractivity contribution in [3.8, 4) is 0 Å². The van der Waals surface area contributed by atoms with Crippen LogP contribution in [0.25, 0.3) is 0 Å². The number of ether oxygens (including phenoxy) is 2. The number of nitrogens with one attached hydrogen (secondary N) is 3. The van der Waals surface area contributed by atoms with E-state index < -0.39 is 41.4 Å². The van der Waals surface area contributed by atoms with Crippen LogP contribution in [0.2, 0.25) is 0 Å². The summed E-state index contributed by atoms with van der Waals surface area (Å²) in [5.74, 6) is -1.87. The van der Waals surface area contributed by atoms with Crippen molar-refractivity contribution in [2.24, 2.45) is 17.8 Å². The number of esters is 1. The molecule has 1 aliphatic heterocycles. The molecule has 0 aromatic carbocycles. The Bertz CT molecular complexity index is 1080. The highest BCUT2D eigenvalue weighted by atomic mass is 16.6. The van der Waals surface area contributed by atoms with Crippen molar-refractivity contribution in [1.29, 1.82) is 0 Å². The minimum atomic E-state index is -1.07. The topological polar surface area (TPSA) is 143 Å². The van der Waals surface area contributed by atoms with Gasteiger partial charge in [0.15, 0.2) is 0 Å². The summed E-state index contributed by atoms with van der Waals surface area (Å²) in [6.45, 7) is 29.0. The number of hydrogen-bond acceptors (Lipinski definition) is 8. The lowest BCUT2D eigenvalue weighted by molar-refractivity contribution is -0.154. The van der Waals surface area contributed by atoms with E-state index >= 15 is 0 Å². The minimum Gasteiger partial charge on any atom is -0.460 e. The summed E-state index contributed by atoms with van der Waals surface area (Å²) < 4.78 is 10.6. The summed E-state index contributed by atoms with van der Waals surface area (Å²) in [6.07, 6.45) is 7.82. The quantitative estimate of drug-likeness (QED) is 0.107. The zero-order chi connectivity index (χ0) is 37.9. The number of alkyl carbamates (subject to hydrolysis) is 1. The van der Waals surface area contributed by atoms with Gasteiger partial charge in [0.1, 0.15) is 11.6 Å². The number of rotatable bonds is 14. The fourth-order valence-corrected chi connectivity index (χ4v) is 5.74. The fraction of sp³-hybridized carbons (Fsp3) is 0.763. The molecular formula is C38H68N4O7.